The second kappa shape index (κ2) is 8.08. The first-order valence-electron chi connectivity index (χ1n) is 7.81. The highest BCUT2D eigenvalue weighted by Crippen LogP contribution is 2.22. The topological polar surface area (TPSA) is 68.5 Å². The Balaban J connectivity index is 2.07. The van der Waals surface area contributed by atoms with E-state index < -0.39 is 9.84 Å². The lowest BCUT2D eigenvalue weighted by Crippen LogP contribution is -2.18. The molecule has 2 heterocycles. The molecule has 3 aromatic rings. The van der Waals surface area contributed by atoms with E-state index in [2.05, 4.69) is 4.99 Å². The summed E-state index contributed by atoms with van der Waals surface area (Å²) in [4.78, 5) is 18.5. The van der Waals surface area contributed by atoms with E-state index in [1.165, 1.54) is 28.9 Å². The molecule has 0 aliphatic rings. The van der Waals surface area contributed by atoms with E-state index in [1.54, 1.807) is 30.0 Å². The maximum Gasteiger partial charge on any atom is 0.253 e. The summed E-state index contributed by atoms with van der Waals surface area (Å²) >= 11 is 4.60. The molecule has 0 N–H and O–H groups in total. The van der Waals surface area contributed by atoms with Gasteiger partial charge in [-0.3, -0.25) is 4.79 Å². The molecule has 3 rings (SSSR count). The molecule has 0 aliphatic heterocycles. The summed E-state index contributed by atoms with van der Waals surface area (Å²) in [6.45, 7) is 0.713. The predicted molar refractivity (Wildman–Crippen MR) is 110 cm³/mol. The van der Waals surface area contributed by atoms with Gasteiger partial charge in [-0.1, -0.05) is 17.4 Å². The van der Waals surface area contributed by atoms with Gasteiger partial charge in [-0.2, -0.15) is 16.8 Å². The number of sulfone groups is 1. The Morgan fingerprint density at radius 2 is 2.12 bits per heavy atom. The Kier molecular flexibility index (Phi) is 6.01. The average Bonchev–Trinajstić information content (AvgIpc) is 3.19. The Bertz CT molecular complexity index is 1090. The highest BCUT2D eigenvalue weighted by molar-refractivity contribution is 7.98. The normalized spacial score (nSPS) is 12.8. The number of fused-ring (bicyclic) bond motifs is 1. The SMILES string of the molecule is CSCCn1c(=NC(=O)Cc2cccs2)sc2cc(S(C)(=O)=O)ccc21. The minimum atomic E-state index is -3.28. The molecule has 0 spiro atoms. The Hall–Kier alpha value is -1.42. The third kappa shape index (κ3) is 4.46. The summed E-state index contributed by atoms with van der Waals surface area (Å²) in [5.41, 5.74) is 0.902. The van der Waals surface area contributed by atoms with E-state index in [0.29, 0.717) is 11.3 Å². The molecule has 5 nitrogen and oxygen atoms in total. The number of aromatic nitrogens is 1. The number of thioether (sulfide) groups is 1. The van der Waals surface area contributed by atoms with Gasteiger partial charge in [0.15, 0.2) is 14.6 Å². The maximum atomic E-state index is 12.3. The first-order valence-corrected chi connectivity index (χ1v) is 12.8. The van der Waals surface area contributed by atoms with Crippen LogP contribution in [0.3, 0.4) is 0 Å². The van der Waals surface area contributed by atoms with Gasteiger partial charge in [-0.05, 0) is 35.9 Å². The Labute approximate surface area is 164 Å². The fourth-order valence-electron chi connectivity index (χ4n) is 2.48. The van der Waals surface area contributed by atoms with Crippen molar-refractivity contribution in [2.45, 2.75) is 17.9 Å². The molecule has 0 unspecified atom stereocenters. The van der Waals surface area contributed by atoms with Crippen LogP contribution in [-0.2, 0) is 27.6 Å². The summed E-state index contributed by atoms with van der Waals surface area (Å²) < 4.78 is 26.4. The summed E-state index contributed by atoms with van der Waals surface area (Å²) in [5.74, 6) is 0.687. The van der Waals surface area contributed by atoms with Crippen molar-refractivity contribution < 1.29 is 13.2 Å². The summed E-state index contributed by atoms with van der Waals surface area (Å²) in [6, 6.07) is 8.90. The molecule has 0 aliphatic carbocycles. The predicted octanol–water partition coefficient (Wildman–Crippen LogP) is 3.20. The number of rotatable bonds is 6. The molecule has 26 heavy (non-hydrogen) atoms. The number of aryl methyl sites for hydroxylation is 1. The Morgan fingerprint density at radius 1 is 1.31 bits per heavy atom. The van der Waals surface area contributed by atoms with Crippen LogP contribution in [0.25, 0.3) is 10.2 Å². The zero-order valence-corrected chi connectivity index (χ0v) is 17.6. The van der Waals surface area contributed by atoms with Gasteiger partial charge in [0.2, 0.25) is 0 Å². The van der Waals surface area contributed by atoms with Crippen molar-refractivity contribution in [1.82, 2.24) is 4.57 Å². The summed E-state index contributed by atoms with van der Waals surface area (Å²) in [6.07, 6.45) is 3.50. The maximum absolute atomic E-state index is 12.3. The van der Waals surface area contributed by atoms with Crippen molar-refractivity contribution in [3.05, 3.63) is 45.4 Å². The van der Waals surface area contributed by atoms with Crippen molar-refractivity contribution in [2.75, 3.05) is 18.3 Å². The van der Waals surface area contributed by atoms with Crippen LogP contribution < -0.4 is 4.80 Å². The molecule has 138 valence electrons. The van der Waals surface area contributed by atoms with Crippen molar-refractivity contribution in [3.8, 4) is 0 Å². The smallest absolute Gasteiger partial charge is 0.253 e. The summed E-state index contributed by atoms with van der Waals surface area (Å²) in [5, 5.41) is 1.94. The van der Waals surface area contributed by atoms with Crippen molar-refractivity contribution in [2.24, 2.45) is 4.99 Å². The summed E-state index contributed by atoms with van der Waals surface area (Å²) in [7, 11) is -3.28. The molecule has 0 saturated heterocycles. The van der Waals surface area contributed by atoms with E-state index in [4.69, 9.17) is 0 Å². The van der Waals surface area contributed by atoms with Gasteiger partial charge in [-0.25, -0.2) is 8.42 Å². The second-order valence-corrected chi connectivity index (χ2v) is 10.7. The fourth-order valence-corrected chi connectivity index (χ4v) is 5.37. The van der Waals surface area contributed by atoms with Gasteiger partial charge in [-0.15, -0.1) is 11.3 Å². The quantitative estimate of drug-likeness (QED) is 0.607. The zero-order valence-electron chi connectivity index (χ0n) is 14.3. The number of hydrogen-bond acceptors (Lipinski definition) is 6. The minimum absolute atomic E-state index is 0.194. The van der Waals surface area contributed by atoms with Crippen LogP contribution in [0, 0.1) is 0 Å². The standard InChI is InChI=1S/C17H18N2O3S4/c1-23-9-7-19-14-6-5-13(26(2,21)22)11-15(14)25-17(19)18-16(20)10-12-4-3-8-24-12/h3-6,8,11H,7,9-10H2,1-2H3. The van der Waals surface area contributed by atoms with Gasteiger partial charge in [0.25, 0.3) is 5.91 Å². The molecule has 0 bridgehead atoms. The molecule has 0 radical (unpaired) electrons. The molecular weight excluding hydrogens is 408 g/mol. The second-order valence-electron chi connectivity index (χ2n) is 5.69. The molecule has 0 fully saturated rings. The highest BCUT2D eigenvalue weighted by atomic mass is 32.2. The monoisotopic (exact) mass is 426 g/mol. The number of amides is 1. The first-order chi connectivity index (χ1) is 12.4. The number of carbonyl (C=O) groups is 1. The number of carbonyl (C=O) groups excluding carboxylic acids is 1. The molecular formula is C17H18N2O3S4. The number of thiophene rings is 1. The van der Waals surface area contributed by atoms with E-state index in [-0.39, 0.29) is 17.2 Å². The highest BCUT2D eigenvalue weighted by Gasteiger charge is 2.13. The number of hydrogen-bond donors (Lipinski definition) is 0. The van der Waals surface area contributed by atoms with Crippen LogP contribution in [0.15, 0.2) is 45.6 Å². The third-order valence-corrected chi connectivity index (χ3v) is 7.35. The third-order valence-electron chi connectivity index (χ3n) is 3.73. The van der Waals surface area contributed by atoms with Crippen LogP contribution in [0.1, 0.15) is 4.88 Å². The van der Waals surface area contributed by atoms with E-state index in [1.807, 2.05) is 28.3 Å². The van der Waals surface area contributed by atoms with Crippen molar-refractivity contribution in [1.29, 1.82) is 0 Å². The lowest BCUT2D eigenvalue weighted by molar-refractivity contribution is -0.117. The van der Waals surface area contributed by atoms with Gasteiger partial charge in [0, 0.05) is 23.4 Å². The van der Waals surface area contributed by atoms with Crippen LogP contribution in [-0.4, -0.2) is 37.2 Å². The minimum Gasteiger partial charge on any atom is -0.316 e. The fraction of sp³-hybridized carbons (Fsp3) is 0.294. The van der Waals surface area contributed by atoms with Gasteiger partial charge < -0.3 is 4.57 Å². The van der Waals surface area contributed by atoms with Gasteiger partial charge in [0.1, 0.15) is 0 Å². The van der Waals surface area contributed by atoms with Gasteiger partial charge >= 0.3 is 0 Å². The van der Waals surface area contributed by atoms with E-state index >= 15 is 0 Å². The molecule has 1 aromatic carbocycles. The molecule has 9 heteroatoms. The zero-order chi connectivity index (χ0) is 18.7. The van der Waals surface area contributed by atoms with E-state index in [9.17, 15) is 13.2 Å². The molecule has 1 amide bonds. The van der Waals surface area contributed by atoms with Gasteiger partial charge in [0.05, 0.1) is 21.5 Å². The first kappa shape index (κ1) is 19.3. The molecule has 0 atom stereocenters. The lowest BCUT2D eigenvalue weighted by Gasteiger charge is -2.04. The lowest BCUT2D eigenvalue weighted by atomic mass is 10.3. The Morgan fingerprint density at radius 3 is 2.77 bits per heavy atom. The number of thiazole rings is 1. The van der Waals surface area contributed by atoms with Crippen molar-refractivity contribution in [3.63, 3.8) is 0 Å². The number of nitrogens with zero attached hydrogens (tertiary/aromatic N) is 2. The molecule has 0 saturated carbocycles. The van der Waals surface area contributed by atoms with Crippen LogP contribution >= 0.6 is 34.4 Å². The van der Waals surface area contributed by atoms with Crippen LogP contribution in [0.5, 0.6) is 0 Å². The largest absolute Gasteiger partial charge is 0.316 e. The van der Waals surface area contributed by atoms with Crippen molar-refractivity contribution >= 4 is 60.4 Å². The average molecular weight is 427 g/mol. The number of benzene rings is 1. The molecule has 2 aromatic heterocycles. The van der Waals surface area contributed by atoms with Crippen LogP contribution in [0.4, 0.5) is 0 Å². The van der Waals surface area contributed by atoms with Crippen LogP contribution in [0.2, 0.25) is 0 Å². The van der Waals surface area contributed by atoms with E-state index in [0.717, 1.165) is 20.8 Å².